The fraction of sp³-hybridized carbons (Fsp3) is 0.375. The molecular formula is C16H19ClS. The van der Waals surface area contributed by atoms with Crippen molar-refractivity contribution < 1.29 is 0 Å². The molecule has 0 nitrogen and oxygen atoms in total. The van der Waals surface area contributed by atoms with Crippen molar-refractivity contribution in [2.75, 3.05) is 0 Å². The summed E-state index contributed by atoms with van der Waals surface area (Å²) in [7, 11) is 0. The van der Waals surface area contributed by atoms with Gasteiger partial charge in [-0.1, -0.05) is 45.0 Å². The van der Waals surface area contributed by atoms with Crippen LogP contribution in [0.3, 0.4) is 0 Å². The predicted molar refractivity (Wildman–Crippen MR) is 81.9 cm³/mol. The van der Waals surface area contributed by atoms with Gasteiger partial charge in [0.25, 0.3) is 0 Å². The highest BCUT2D eigenvalue weighted by Crippen LogP contribution is 2.38. The zero-order valence-electron chi connectivity index (χ0n) is 11.3. The number of hydrogen-bond acceptors (Lipinski definition) is 1. The fourth-order valence-electron chi connectivity index (χ4n) is 2.14. The van der Waals surface area contributed by atoms with E-state index >= 15 is 0 Å². The summed E-state index contributed by atoms with van der Waals surface area (Å²) < 4.78 is 0. The molecule has 0 radical (unpaired) electrons. The molecule has 0 amide bonds. The van der Waals surface area contributed by atoms with E-state index in [1.54, 1.807) is 11.3 Å². The largest absolute Gasteiger partial charge is 0.144 e. The minimum absolute atomic E-state index is 0.0425. The van der Waals surface area contributed by atoms with Crippen LogP contribution in [0.1, 0.15) is 47.0 Å². The van der Waals surface area contributed by atoms with Gasteiger partial charge in [0.15, 0.2) is 0 Å². The summed E-state index contributed by atoms with van der Waals surface area (Å²) >= 11 is 8.44. The third kappa shape index (κ3) is 2.78. The molecule has 0 aliphatic carbocycles. The van der Waals surface area contributed by atoms with Gasteiger partial charge in [-0.25, -0.2) is 0 Å². The van der Waals surface area contributed by atoms with Crippen molar-refractivity contribution in [2.45, 2.75) is 38.5 Å². The summed E-state index contributed by atoms with van der Waals surface area (Å²) in [4.78, 5) is 2.54. The van der Waals surface area contributed by atoms with Gasteiger partial charge in [-0.15, -0.1) is 22.9 Å². The van der Waals surface area contributed by atoms with E-state index in [2.05, 4.69) is 64.1 Å². The Morgan fingerprint density at radius 2 is 1.72 bits per heavy atom. The lowest BCUT2D eigenvalue weighted by molar-refractivity contribution is 0.583. The first-order valence-corrected chi connectivity index (χ1v) is 7.44. The molecule has 0 aliphatic heterocycles. The monoisotopic (exact) mass is 278 g/mol. The normalized spacial score (nSPS) is 13.6. The summed E-state index contributed by atoms with van der Waals surface area (Å²) in [6.07, 6.45) is 0. The minimum Gasteiger partial charge on any atom is -0.144 e. The van der Waals surface area contributed by atoms with Crippen LogP contribution in [-0.2, 0) is 5.41 Å². The maximum absolute atomic E-state index is 6.67. The molecule has 2 aromatic rings. The lowest BCUT2D eigenvalue weighted by Crippen LogP contribution is -2.14. The van der Waals surface area contributed by atoms with E-state index in [0.29, 0.717) is 0 Å². The average Bonchev–Trinajstić information content (AvgIpc) is 2.74. The van der Waals surface area contributed by atoms with Crippen LogP contribution < -0.4 is 0 Å². The number of rotatable bonds is 2. The van der Waals surface area contributed by atoms with Gasteiger partial charge in [0.05, 0.1) is 5.38 Å². The lowest BCUT2D eigenvalue weighted by atomic mass is 9.83. The molecule has 1 heterocycles. The quantitative estimate of drug-likeness (QED) is 0.620. The van der Waals surface area contributed by atoms with Gasteiger partial charge in [0.2, 0.25) is 0 Å². The van der Waals surface area contributed by atoms with Crippen molar-refractivity contribution in [3.8, 4) is 0 Å². The highest BCUT2D eigenvalue weighted by molar-refractivity contribution is 7.12. The van der Waals surface area contributed by atoms with Crippen LogP contribution in [0, 0.1) is 6.92 Å². The molecule has 0 saturated carbocycles. The smallest absolute Gasteiger partial charge is 0.0930 e. The Kier molecular flexibility index (Phi) is 3.84. The number of hydrogen-bond donors (Lipinski definition) is 0. The van der Waals surface area contributed by atoms with Crippen LogP contribution >= 0.6 is 22.9 Å². The summed E-state index contributed by atoms with van der Waals surface area (Å²) in [5, 5.41) is -0.0425. The summed E-state index contributed by atoms with van der Waals surface area (Å²) in [5.41, 5.74) is 2.68. The van der Waals surface area contributed by atoms with Crippen LogP contribution in [0.15, 0.2) is 36.4 Å². The molecule has 1 unspecified atom stereocenters. The van der Waals surface area contributed by atoms with Gasteiger partial charge < -0.3 is 0 Å². The van der Waals surface area contributed by atoms with Crippen LogP contribution in [0.4, 0.5) is 0 Å². The molecule has 1 aromatic carbocycles. The maximum atomic E-state index is 6.67. The first-order valence-electron chi connectivity index (χ1n) is 6.19. The highest BCUT2D eigenvalue weighted by Gasteiger charge is 2.22. The van der Waals surface area contributed by atoms with Crippen molar-refractivity contribution >= 4 is 22.9 Å². The van der Waals surface area contributed by atoms with E-state index in [9.17, 15) is 0 Å². The first kappa shape index (κ1) is 13.6. The molecule has 96 valence electrons. The minimum atomic E-state index is -0.0425. The number of thiophene rings is 1. The van der Waals surface area contributed by atoms with Gasteiger partial charge >= 0.3 is 0 Å². The number of benzene rings is 1. The molecule has 0 bridgehead atoms. The maximum Gasteiger partial charge on any atom is 0.0930 e. The van der Waals surface area contributed by atoms with E-state index in [0.717, 1.165) is 0 Å². The second-order valence-electron chi connectivity index (χ2n) is 5.65. The van der Waals surface area contributed by atoms with Crippen LogP contribution in [0.25, 0.3) is 0 Å². The van der Waals surface area contributed by atoms with Crippen LogP contribution in [0.5, 0.6) is 0 Å². The van der Waals surface area contributed by atoms with Crippen molar-refractivity contribution in [2.24, 2.45) is 0 Å². The molecule has 0 fully saturated rings. The third-order valence-corrected chi connectivity index (χ3v) is 4.72. The third-order valence-electron chi connectivity index (χ3n) is 3.05. The molecule has 0 aliphatic rings. The average molecular weight is 279 g/mol. The second kappa shape index (κ2) is 5.07. The van der Waals surface area contributed by atoms with Crippen molar-refractivity contribution in [3.63, 3.8) is 0 Å². The Hall–Kier alpha value is -0.790. The Labute approximate surface area is 119 Å². The summed E-state index contributed by atoms with van der Waals surface area (Å²) in [6, 6.07) is 12.8. The van der Waals surface area contributed by atoms with E-state index < -0.39 is 0 Å². The van der Waals surface area contributed by atoms with E-state index in [1.165, 1.54) is 20.9 Å². The molecule has 1 aromatic heterocycles. The highest BCUT2D eigenvalue weighted by atomic mass is 35.5. The van der Waals surface area contributed by atoms with Crippen LogP contribution in [0.2, 0.25) is 0 Å². The zero-order valence-corrected chi connectivity index (χ0v) is 12.9. The van der Waals surface area contributed by atoms with Crippen molar-refractivity contribution in [1.82, 2.24) is 0 Å². The topological polar surface area (TPSA) is 0 Å². The molecule has 1 atom stereocenters. The molecule has 2 heteroatoms. The summed E-state index contributed by atoms with van der Waals surface area (Å²) in [6.45, 7) is 8.81. The van der Waals surface area contributed by atoms with E-state index in [-0.39, 0.29) is 10.8 Å². The van der Waals surface area contributed by atoms with Crippen molar-refractivity contribution in [3.05, 3.63) is 57.3 Å². The van der Waals surface area contributed by atoms with Gasteiger partial charge in [0.1, 0.15) is 0 Å². The number of halogens is 1. The van der Waals surface area contributed by atoms with Gasteiger partial charge in [-0.2, -0.15) is 0 Å². The SMILES string of the molecule is Cc1ccc(C(Cl)c2ccccc2C(C)(C)C)s1. The standard InChI is InChI=1S/C16H19ClS/c1-11-9-10-14(18-11)15(17)12-7-5-6-8-13(12)16(2,3)4/h5-10,15H,1-4H3. The van der Waals surface area contributed by atoms with E-state index in [4.69, 9.17) is 11.6 Å². The molecular weight excluding hydrogens is 260 g/mol. The van der Waals surface area contributed by atoms with Gasteiger partial charge in [-0.3, -0.25) is 0 Å². The molecule has 0 N–H and O–H groups in total. The molecule has 2 rings (SSSR count). The number of alkyl halides is 1. The zero-order chi connectivity index (χ0) is 13.3. The summed E-state index contributed by atoms with van der Waals surface area (Å²) in [5.74, 6) is 0. The van der Waals surface area contributed by atoms with Gasteiger partial charge in [0, 0.05) is 9.75 Å². The Bertz CT molecular complexity index is 534. The molecule has 0 saturated heterocycles. The fourth-order valence-corrected chi connectivity index (χ4v) is 3.41. The second-order valence-corrected chi connectivity index (χ2v) is 7.40. The predicted octanol–water partition coefficient (Wildman–Crippen LogP) is 5.68. The van der Waals surface area contributed by atoms with Crippen LogP contribution in [-0.4, -0.2) is 0 Å². The lowest BCUT2D eigenvalue weighted by Gasteiger charge is -2.24. The molecule has 18 heavy (non-hydrogen) atoms. The van der Waals surface area contributed by atoms with Crippen molar-refractivity contribution in [1.29, 1.82) is 0 Å². The number of aryl methyl sites for hydroxylation is 1. The van der Waals surface area contributed by atoms with E-state index in [1.807, 2.05) is 0 Å². The Morgan fingerprint density at radius 3 is 2.28 bits per heavy atom. The van der Waals surface area contributed by atoms with Gasteiger partial charge in [-0.05, 0) is 35.6 Å². The molecule has 0 spiro atoms. The Morgan fingerprint density at radius 1 is 1.06 bits per heavy atom. The first-order chi connectivity index (χ1) is 8.39. The Balaban J connectivity index is 2.45.